The van der Waals surface area contributed by atoms with Crippen molar-refractivity contribution in [3.8, 4) is 11.8 Å². The Kier molecular flexibility index (Phi) is 4.38. The fourth-order valence-corrected chi connectivity index (χ4v) is 3.54. The lowest BCUT2D eigenvalue weighted by Crippen LogP contribution is -2.15. The molecule has 5 nitrogen and oxygen atoms in total. The molecule has 1 aliphatic carbocycles. The van der Waals surface area contributed by atoms with Gasteiger partial charge >= 0.3 is 0 Å². The Morgan fingerprint density at radius 3 is 2.81 bits per heavy atom. The van der Waals surface area contributed by atoms with Crippen LogP contribution in [0.25, 0.3) is 5.69 Å². The first-order valence-corrected chi connectivity index (χ1v) is 8.83. The van der Waals surface area contributed by atoms with Crippen LogP contribution in [0.1, 0.15) is 33.7 Å². The van der Waals surface area contributed by atoms with Crippen molar-refractivity contribution in [1.82, 2.24) is 9.78 Å². The maximum atomic E-state index is 14.2. The van der Waals surface area contributed by atoms with Crippen molar-refractivity contribution < 1.29 is 9.18 Å². The first kappa shape index (κ1) is 17.3. The molecule has 0 bridgehead atoms. The molecule has 4 rings (SSSR count). The number of nitrogens with zero attached hydrogens (tertiary/aromatic N) is 3. The van der Waals surface area contributed by atoms with Gasteiger partial charge in [0.1, 0.15) is 17.6 Å². The number of carbonyl (C=O) groups is 1. The van der Waals surface area contributed by atoms with Crippen LogP contribution in [0.15, 0.2) is 42.5 Å². The number of halogens is 2. The Morgan fingerprint density at radius 2 is 2.07 bits per heavy atom. The lowest BCUT2D eigenvalue weighted by Gasteiger charge is -2.07. The molecule has 134 valence electrons. The van der Waals surface area contributed by atoms with Gasteiger partial charge in [-0.1, -0.05) is 23.7 Å². The Labute approximate surface area is 160 Å². The molecule has 0 unspecified atom stereocenters. The van der Waals surface area contributed by atoms with Crippen LogP contribution < -0.4 is 5.32 Å². The molecule has 1 heterocycles. The number of amides is 1. The van der Waals surface area contributed by atoms with Crippen LogP contribution in [0, 0.1) is 17.1 Å². The van der Waals surface area contributed by atoms with E-state index >= 15 is 0 Å². The van der Waals surface area contributed by atoms with Crippen molar-refractivity contribution in [1.29, 1.82) is 5.26 Å². The summed E-state index contributed by atoms with van der Waals surface area (Å²) in [6, 6.07) is 13.0. The third kappa shape index (κ3) is 3.07. The summed E-state index contributed by atoms with van der Waals surface area (Å²) in [6.07, 6.45) is 2.36. The average molecular weight is 381 g/mol. The van der Waals surface area contributed by atoms with Crippen molar-refractivity contribution in [3.05, 3.63) is 75.8 Å². The molecule has 1 aliphatic rings. The smallest absolute Gasteiger partial charge is 0.276 e. The third-order valence-electron chi connectivity index (χ3n) is 4.57. The monoisotopic (exact) mass is 380 g/mol. The van der Waals surface area contributed by atoms with Crippen LogP contribution in [0.2, 0.25) is 5.02 Å². The van der Waals surface area contributed by atoms with E-state index in [1.807, 2.05) is 6.07 Å². The highest BCUT2D eigenvalue weighted by molar-refractivity contribution is 6.32. The summed E-state index contributed by atoms with van der Waals surface area (Å²) in [4.78, 5) is 12.8. The maximum Gasteiger partial charge on any atom is 0.276 e. The van der Waals surface area contributed by atoms with Crippen LogP contribution in [0.3, 0.4) is 0 Å². The van der Waals surface area contributed by atoms with E-state index in [2.05, 4.69) is 10.4 Å². The van der Waals surface area contributed by atoms with E-state index in [4.69, 9.17) is 16.9 Å². The lowest BCUT2D eigenvalue weighted by molar-refractivity contribution is 0.102. The number of nitriles is 1. The number of aromatic nitrogens is 2. The first-order valence-electron chi connectivity index (χ1n) is 8.45. The van der Waals surface area contributed by atoms with Crippen molar-refractivity contribution in [2.45, 2.75) is 19.3 Å². The Balaban J connectivity index is 1.69. The lowest BCUT2D eigenvalue weighted by atomic mass is 10.1. The average Bonchev–Trinajstić information content (AvgIpc) is 3.25. The van der Waals surface area contributed by atoms with Gasteiger partial charge in [0.05, 0.1) is 10.6 Å². The highest BCUT2D eigenvalue weighted by Crippen LogP contribution is 2.29. The van der Waals surface area contributed by atoms with E-state index in [0.29, 0.717) is 16.9 Å². The van der Waals surface area contributed by atoms with E-state index in [9.17, 15) is 9.18 Å². The second-order valence-electron chi connectivity index (χ2n) is 6.25. The second-order valence-corrected chi connectivity index (χ2v) is 6.66. The normalized spacial score (nSPS) is 12.5. The molecule has 0 spiro atoms. The van der Waals surface area contributed by atoms with Crippen LogP contribution in [-0.4, -0.2) is 15.7 Å². The molecule has 1 amide bonds. The van der Waals surface area contributed by atoms with Gasteiger partial charge in [0.25, 0.3) is 5.91 Å². The fraction of sp³-hybridized carbons (Fsp3) is 0.150. The second kappa shape index (κ2) is 6.86. The van der Waals surface area contributed by atoms with Crippen LogP contribution >= 0.6 is 11.6 Å². The largest absolute Gasteiger partial charge is 0.321 e. The summed E-state index contributed by atoms with van der Waals surface area (Å²) in [5.74, 6) is -0.774. The highest BCUT2D eigenvalue weighted by Gasteiger charge is 2.27. The standard InChI is InChI=1S/C20H14ClFN4O/c21-15-10-13(9-8-12(15)11-23)24-20(27)19-14-4-3-7-17(14)26(25-19)18-6-2-1-5-16(18)22/h1-2,5-6,8-10H,3-4,7H2,(H,24,27). The molecule has 0 fully saturated rings. The third-order valence-corrected chi connectivity index (χ3v) is 4.89. The van der Waals surface area contributed by atoms with E-state index in [1.54, 1.807) is 30.3 Å². The number of hydrogen-bond acceptors (Lipinski definition) is 3. The number of carbonyl (C=O) groups excluding carboxylic acids is 1. The summed E-state index contributed by atoms with van der Waals surface area (Å²) in [6.45, 7) is 0. The molecule has 1 aromatic heterocycles. The van der Waals surface area contributed by atoms with E-state index in [0.717, 1.165) is 30.5 Å². The molecule has 27 heavy (non-hydrogen) atoms. The number of para-hydroxylation sites is 1. The van der Waals surface area contributed by atoms with Gasteiger partial charge in [-0.05, 0) is 49.6 Å². The molecular formula is C20H14ClFN4O. The molecule has 0 saturated heterocycles. The van der Waals surface area contributed by atoms with Crippen LogP contribution in [0.4, 0.5) is 10.1 Å². The maximum absolute atomic E-state index is 14.2. The SMILES string of the molecule is N#Cc1ccc(NC(=O)c2nn(-c3ccccc3F)c3c2CCC3)cc1Cl. The summed E-state index contributed by atoms with van der Waals surface area (Å²) in [5, 5.41) is 16.4. The number of rotatable bonds is 3. The molecule has 2 aromatic carbocycles. The van der Waals surface area contributed by atoms with Crippen molar-refractivity contribution >= 4 is 23.2 Å². The zero-order valence-electron chi connectivity index (χ0n) is 14.2. The summed E-state index contributed by atoms with van der Waals surface area (Å²) in [5.41, 5.74) is 3.12. The highest BCUT2D eigenvalue weighted by atomic mass is 35.5. The van der Waals surface area contributed by atoms with Gasteiger partial charge in [-0.15, -0.1) is 0 Å². The molecule has 0 atom stereocenters. The van der Waals surface area contributed by atoms with Crippen LogP contribution in [0.5, 0.6) is 0 Å². The Morgan fingerprint density at radius 1 is 1.26 bits per heavy atom. The topological polar surface area (TPSA) is 70.7 Å². The van der Waals surface area contributed by atoms with Crippen LogP contribution in [-0.2, 0) is 12.8 Å². The van der Waals surface area contributed by atoms with Gasteiger partial charge in [0.15, 0.2) is 5.69 Å². The molecule has 0 aliphatic heterocycles. The molecule has 7 heteroatoms. The summed E-state index contributed by atoms with van der Waals surface area (Å²) >= 11 is 6.02. The minimum absolute atomic E-state index is 0.261. The zero-order valence-corrected chi connectivity index (χ0v) is 14.9. The van der Waals surface area contributed by atoms with Gasteiger partial charge in [-0.3, -0.25) is 4.79 Å². The predicted octanol–water partition coefficient (Wildman–Crippen LogP) is 4.28. The number of benzene rings is 2. The Bertz CT molecular complexity index is 1100. The minimum atomic E-state index is -0.388. The predicted molar refractivity (Wildman–Crippen MR) is 99.7 cm³/mol. The van der Waals surface area contributed by atoms with Crippen molar-refractivity contribution in [2.75, 3.05) is 5.32 Å². The van der Waals surface area contributed by atoms with E-state index in [-0.39, 0.29) is 22.4 Å². The van der Waals surface area contributed by atoms with Gasteiger partial charge in [0.2, 0.25) is 0 Å². The van der Waals surface area contributed by atoms with E-state index < -0.39 is 0 Å². The number of anilines is 1. The summed E-state index contributed by atoms with van der Waals surface area (Å²) in [7, 11) is 0. The zero-order chi connectivity index (χ0) is 19.0. The minimum Gasteiger partial charge on any atom is -0.321 e. The van der Waals surface area contributed by atoms with E-state index in [1.165, 1.54) is 16.8 Å². The first-order chi connectivity index (χ1) is 13.1. The molecule has 0 saturated carbocycles. The quantitative estimate of drug-likeness (QED) is 0.737. The molecule has 0 radical (unpaired) electrons. The summed E-state index contributed by atoms with van der Waals surface area (Å²) < 4.78 is 15.7. The van der Waals surface area contributed by atoms with Crippen molar-refractivity contribution in [3.63, 3.8) is 0 Å². The molecular weight excluding hydrogens is 367 g/mol. The van der Waals surface area contributed by atoms with Gasteiger partial charge in [-0.2, -0.15) is 10.4 Å². The number of hydrogen-bond donors (Lipinski definition) is 1. The number of fused-ring (bicyclic) bond motifs is 1. The van der Waals surface area contributed by atoms with Gasteiger partial charge in [-0.25, -0.2) is 9.07 Å². The van der Waals surface area contributed by atoms with Gasteiger partial charge < -0.3 is 5.32 Å². The van der Waals surface area contributed by atoms with Crippen molar-refractivity contribution in [2.24, 2.45) is 0 Å². The molecule has 1 N–H and O–H groups in total. The Hall–Kier alpha value is -3.17. The molecule has 3 aromatic rings. The number of nitrogens with one attached hydrogen (secondary N) is 1. The van der Waals surface area contributed by atoms with Gasteiger partial charge in [0, 0.05) is 16.9 Å². The fourth-order valence-electron chi connectivity index (χ4n) is 3.32.